The molecule has 1 aliphatic heterocycles. The van der Waals surface area contributed by atoms with Gasteiger partial charge in [-0.1, -0.05) is 13.8 Å². The third-order valence-electron chi connectivity index (χ3n) is 4.19. The van der Waals surface area contributed by atoms with Crippen LogP contribution in [0.2, 0.25) is 0 Å². The Morgan fingerprint density at radius 1 is 1.40 bits per heavy atom. The van der Waals surface area contributed by atoms with Crippen LogP contribution in [0, 0.1) is 25.2 Å². The lowest BCUT2D eigenvalue weighted by Crippen LogP contribution is -2.56. The number of nitrogens with zero attached hydrogens (tertiary/aromatic N) is 3. The molecule has 20 heavy (non-hydrogen) atoms. The molecule has 0 aromatic carbocycles. The van der Waals surface area contributed by atoms with E-state index in [-0.39, 0.29) is 0 Å². The lowest BCUT2D eigenvalue weighted by Gasteiger charge is -2.42. The quantitative estimate of drug-likeness (QED) is 0.918. The maximum atomic E-state index is 9.47. The number of piperazine rings is 1. The molecule has 1 aromatic rings. The first-order valence-electron chi connectivity index (χ1n) is 7.49. The van der Waals surface area contributed by atoms with Gasteiger partial charge in [0.2, 0.25) is 0 Å². The molecule has 1 aromatic heterocycles. The van der Waals surface area contributed by atoms with Crippen LogP contribution in [0.5, 0.6) is 0 Å². The molecule has 1 N–H and O–H groups in total. The Morgan fingerprint density at radius 2 is 2.15 bits per heavy atom. The average Bonchev–Trinajstić information content (AvgIpc) is 2.45. The maximum absolute atomic E-state index is 9.47. The maximum Gasteiger partial charge on any atom is 0.103 e. The van der Waals surface area contributed by atoms with Gasteiger partial charge >= 0.3 is 0 Å². The first-order valence-corrected chi connectivity index (χ1v) is 7.49. The molecule has 0 spiro atoms. The second-order valence-electron chi connectivity index (χ2n) is 5.58. The highest BCUT2D eigenvalue weighted by molar-refractivity contribution is 5.62. The molecule has 1 saturated heterocycles. The minimum atomic E-state index is 0.450. The summed E-state index contributed by atoms with van der Waals surface area (Å²) in [5.74, 6) is 0. The molecule has 0 aliphatic carbocycles. The van der Waals surface area contributed by atoms with Crippen molar-refractivity contribution in [2.75, 3.05) is 18.0 Å². The number of aromatic nitrogens is 1. The summed E-state index contributed by atoms with van der Waals surface area (Å²) in [5, 5.41) is 13.1. The van der Waals surface area contributed by atoms with Gasteiger partial charge in [-0.05, 0) is 32.8 Å². The molecule has 0 amide bonds. The zero-order valence-corrected chi connectivity index (χ0v) is 12.9. The van der Waals surface area contributed by atoms with E-state index in [0.29, 0.717) is 12.1 Å². The molecule has 2 heterocycles. The fourth-order valence-corrected chi connectivity index (χ4v) is 2.97. The lowest BCUT2D eigenvalue weighted by molar-refractivity contribution is 0.378. The molecule has 2 rings (SSSR count). The van der Waals surface area contributed by atoms with Gasteiger partial charge in [0.05, 0.1) is 16.9 Å². The van der Waals surface area contributed by atoms with E-state index >= 15 is 0 Å². The van der Waals surface area contributed by atoms with Gasteiger partial charge in [0, 0.05) is 30.9 Å². The van der Waals surface area contributed by atoms with Gasteiger partial charge in [-0.15, -0.1) is 0 Å². The predicted molar refractivity (Wildman–Crippen MR) is 81.9 cm³/mol. The number of hydrogen-bond donors (Lipinski definition) is 1. The van der Waals surface area contributed by atoms with Crippen molar-refractivity contribution in [3.8, 4) is 6.07 Å². The molecule has 4 heteroatoms. The summed E-state index contributed by atoms with van der Waals surface area (Å²) < 4.78 is 0. The van der Waals surface area contributed by atoms with E-state index in [2.05, 4.69) is 41.2 Å². The molecule has 1 aliphatic rings. The van der Waals surface area contributed by atoms with Gasteiger partial charge in [-0.2, -0.15) is 5.26 Å². The minimum absolute atomic E-state index is 0.450. The molecule has 2 unspecified atom stereocenters. The van der Waals surface area contributed by atoms with Gasteiger partial charge in [-0.3, -0.25) is 4.98 Å². The van der Waals surface area contributed by atoms with Crippen LogP contribution in [-0.4, -0.2) is 30.2 Å². The van der Waals surface area contributed by atoms with E-state index < -0.39 is 0 Å². The summed E-state index contributed by atoms with van der Waals surface area (Å²) >= 11 is 0. The molecule has 2 atom stereocenters. The second kappa shape index (κ2) is 6.23. The summed E-state index contributed by atoms with van der Waals surface area (Å²) in [4.78, 5) is 6.83. The van der Waals surface area contributed by atoms with E-state index in [9.17, 15) is 5.26 Å². The van der Waals surface area contributed by atoms with Crippen molar-refractivity contribution in [3.05, 3.63) is 23.0 Å². The Hall–Kier alpha value is -1.60. The van der Waals surface area contributed by atoms with Gasteiger partial charge in [-0.25, -0.2) is 0 Å². The third-order valence-corrected chi connectivity index (χ3v) is 4.19. The number of nitriles is 1. The molecule has 4 nitrogen and oxygen atoms in total. The van der Waals surface area contributed by atoms with Crippen LogP contribution < -0.4 is 10.2 Å². The van der Waals surface area contributed by atoms with Crippen molar-refractivity contribution in [2.45, 2.75) is 52.6 Å². The van der Waals surface area contributed by atoms with Crippen LogP contribution in [0.25, 0.3) is 0 Å². The predicted octanol–water partition coefficient (Wildman–Crippen LogP) is 2.54. The minimum Gasteiger partial charge on any atom is -0.365 e. The number of rotatable bonds is 3. The van der Waals surface area contributed by atoms with E-state index in [1.807, 2.05) is 13.8 Å². The zero-order valence-electron chi connectivity index (χ0n) is 12.9. The lowest BCUT2D eigenvalue weighted by atomic mass is 10.0. The van der Waals surface area contributed by atoms with Gasteiger partial charge in [0.25, 0.3) is 0 Å². The highest BCUT2D eigenvalue weighted by atomic mass is 15.2. The standard InChI is InChI=1S/C16H24N4/c1-5-13-10-20(14(6-2)9-18-13)16-7-11(3)19-12(4)15(16)8-17/h7,13-14,18H,5-6,9-10H2,1-4H3. The van der Waals surface area contributed by atoms with Crippen molar-refractivity contribution in [3.63, 3.8) is 0 Å². The van der Waals surface area contributed by atoms with E-state index in [0.717, 1.165) is 48.6 Å². The van der Waals surface area contributed by atoms with Crippen LogP contribution in [0.15, 0.2) is 6.07 Å². The first kappa shape index (κ1) is 14.8. The van der Waals surface area contributed by atoms with E-state index in [1.165, 1.54) is 0 Å². The van der Waals surface area contributed by atoms with Crippen molar-refractivity contribution >= 4 is 5.69 Å². The van der Waals surface area contributed by atoms with E-state index in [4.69, 9.17) is 0 Å². The molecule has 0 bridgehead atoms. The third kappa shape index (κ3) is 2.78. The second-order valence-corrected chi connectivity index (χ2v) is 5.58. The number of pyridine rings is 1. The Balaban J connectivity index is 2.44. The molecular weight excluding hydrogens is 248 g/mol. The van der Waals surface area contributed by atoms with Crippen molar-refractivity contribution in [2.24, 2.45) is 0 Å². The normalized spacial score (nSPS) is 22.6. The fourth-order valence-electron chi connectivity index (χ4n) is 2.97. The first-order chi connectivity index (χ1) is 9.60. The van der Waals surface area contributed by atoms with Gasteiger partial charge < -0.3 is 10.2 Å². The van der Waals surface area contributed by atoms with Crippen LogP contribution in [0.3, 0.4) is 0 Å². The van der Waals surface area contributed by atoms with Crippen LogP contribution >= 0.6 is 0 Å². The number of anilines is 1. The Morgan fingerprint density at radius 3 is 2.75 bits per heavy atom. The summed E-state index contributed by atoms with van der Waals surface area (Å²) in [6.07, 6.45) is 2.19. The Labute approximate surface area is 121 Å². The average molecular weight is 272 g/mol. The van der Waals surface area contributed by atoms with Crippen molar-refractivity contribution < 1.29 is 0 Å². The van der Waals surface area contributed by atoms with Crippen molar-refractivity contribution in [1.82, 2.24) is 10.3 Å². The summed E-state index contributed by atoms with van der Waals surface area (Å²) in [7, 11) is 0. The van der Waals surface area contributed by atoms with Crippen LogP contribution in [0.4, 0.5) is 5.69 Å². The SMILES string of the molecule is CCC1CN(c2cc(C)nc(C)c2C#N)C(CC)CN1. The fraction of sp³-hybridized carbons (Fsp3) is 0.625. The highest BCUT2D eigenvalue weighted by Gasteiger charge is 2.28. The van der Waals surface area contributed by atoms with Crippen molar-refractivity contribution in [1.29, 1.82) is 5.26 Å². The van der Waals surface area contributed by atoms with Crippen LogP contribution in [-0.2, 0) is 0 Å². The summed E-state index contributed by atoms with van der Waals surface area (Å²) in [6, 6.07) is 5.35. The van der Waals surface area contributed by atoms with E-state index in [1.54, 1.807) is 0 Å². The number of nitrogens with one attached hydrogen (secondary N) is 1. The topological polar surface area (TPSA) is 52.0 Å². The molecule has 0 saturated carbocycles. The monoisotopic (exact) mass is 272 g/mol. The van der Waals surface area contributed by atoms with Crippen LogP contribution in [0.1, 0.15) is 43.6 Å². The Bertz CT molecular complexity index is 518. The summed E-state index contributed by atoms with van der Waals surface area (Å²) in [6.45, 7) is 10.3. The molecule has 108 valence electrons. The summed E-state index contributed by atoms with van der Waals surface area (Å²) in [5.41, 5.74) is 3.61. The van der Waals surface area contributed by atoms with Gasteiger partial charge in [0.15, 0.2) is 0 Å². The zero-order chi connectivity index (χ0) is 14.7. The number of hydrogen-bond acceptors (Lipinski definition) is 4. The highest BCUT2D eigenvalue weighted by Crippen LogP contribution is 2.28. The number of aryl methyl sites for hydroxylation is 2. The molecule has 1 fully saturated rings. The molecular formula is C16H24N4. The van der Waals surface area contributed by atoms with Gasteiger partial charge in [0.1, 0.15) is 6.07 Å². The molecule has 0 radical (unpaired) electrons. The largest absolute Gasteiger partial charge is 0.365 e. The smallest absolute Gasteiger partial charge is 0.103 e. The Kier molecular flexibility index (Phi) is 4.61.